The van der Waals surface area contributed by atoms with Gasteiger partial charge < -0.3 is 10.2 Å². The largest absolute Gasteiger partial charge is 0.317 e. The SMILES string of the molecule is O=C(c1cn(C2CCNCC2)nn1)N1CCc2ccc(F)cc21. The van der Waals surface area contributed by atoms with Crippen molar-refractivity contribution in [3.63, 3.8) is 0 Å². The number of piperidine rings is 1. The summed E-state index contributed by atoms with van der Waals surface area (Å²) in [6.45, 7) is 2.46. The molecule has 23 heavy (non-hydrogen) atoms. The van der Waals surface area contributed by atoms with Crippen molar-refractivity contribution in [2.75, 3.05) is 24.5 Å². The number of amides is 1. The molecule has 120 valence electrons. The Hall–Kier alpha value is -2.28. The Bertz CT molecular complexity index is 738. The first-order valence-corrected chi connectivity index (χ1v) is 7.95. The lowest BCUT2D eigenvalue weighted by molar-refractivity contribution is 0.0984. The summed E-state index contributed by atoms with van der Waals surface area (Å²) in [6, 6.07) is 4.87. The number of rotatable bonds is 2. The van der Waals surface area contributed by atoms with Crippen molar-refractivity contribution in [3.05, 3.63) is 41.5 Å². The first-order chi connectivity index (χ1) is 11.2. The van der Waals surface area contributed by atoms with E-state index >= 15 is 0 Å². The van der Waals surface area contributed by atoms with Crippen molar-refractivity contribution in [2.45, 2.75) is 25.3 Å². The highest BCUT2D eigenvalue weighted by Crippen LogP contribution is 2.30. The maximum atomic E-state index is 13.5. The molecule has 0 aliphatic carbocycles. The van der Waals surface area contributed by atoms with Gasteiger partial charge in [0.2, 0.25) is 0 Å². The number of anilines is 1. The van der Waals surface area contributed by atoms with Gasteiger partial charge in [0.25, 0.3) is 5.91 Å². The highest BCUT2D eigenvalue weighted by atomic mass is 19.1. The van der Waals surface area contributed by atoms with E-state index in [-0.39, 0.29) is 17.8 Å². The van der Waals surface area contributed by atoms with Crippen molar-refractivity contribution in [2.24, 2.45) is 0 Å². The van der Waals surface area contributed by atoms with E-state index < -0.39 is 0 Å². The molecule has 0 spiro atoms. The fraction of sp³-hybridized carbons (Fsp3) is 0.438. The van der Waals surface area contributed by atoms with Gasteiger partial charge in [-0.3, -0.25) is 4.79 Å². The number of hydrogen-bond acceptors (Lipinski definition) is 4. The molecule has 2 aliphatic heterocycles. The second-order valence-electron chi connectivity index (χ2n) is 6.04. The molecule has 0 bridgehead atoms. The van der Waals surface area contributed by atoms with Gasteiger partial charge in [0.1, 0.15) is 5.82 Å². The quantitative estimate of drug-likeness (QED) is 0.913. The van der Waals surface area contributed by atoms with E-state index in [0.29, 0.717) is 17.9 Å². The predicted octanol–water partition coefficient (Wildman–Crippen LogP) is 1.54. The van der Waals surface area contributed by atoms with Crippen molar-refractivity contribution in [1.29, 1.82) is 0 Å². The van der Waals surface area contributed by atoms with E-state index in [1.165, 1.54) is 12.1 Å². The van der Waals surface area contributed by atoms with E-state index in [2.05, 4.69) is 15.6 Å². The van der Waals surface area contributed by atoms with Crippen LogP contribution in [0.25, 0.3) is 0 Å². The molecule has 1 aromatic carbocycles. The summed E-state index contributed by atoms with van der Waals surface area (Å²) in [5.41, 5.74) is 1.96. The van der Waals surface area contributed by atoms with Crippen LogP contribution in [0.2, 0.25) is 0 Å². The number of aromatic nitrogens is 3. The van der Waals surface area contributed by atoms with E-state index in [1.54, 1.807) is 21.8 Å². The smallest absolute Gasteiger partial charge is 0.280 e. The number of nitrogens with zero attached hydrogens (tertiary/aromatic N) is 4. The minimum Gasteiger partial charge on any atom is -0.317 e. The number of carbonyl (C=O) groups is 1. The summed E-state index contributed by atoms with van der Waals surface area (Å²) in [5.74, 6) is -0.545. The molecule has 1 aromatic heterocycles. The summed E-state index contributed by atoms with van der Waals surface area (Å²) < 4.78 is 15.3. The molecule has 1 saturated heterocycles. The molecule has 1 fully saturated rings. The van der Waals surface area contributed by atoms with E-state index in [0.717, 1.165) is 37.9 Å². The van der Waals surface area contributed by atoms with Crippen LogP contribution in [-0.2, 0) is 6.42 Å². The summed E-state index contributed by atoms with van der Waals surface area (Å²) in [5, 5.41) is 11.5. The number of halogens is 1. The Balaban J connectivity index is 1.56. The molecular weight excluding hydrogens is 297 g/mol. The fourth-order valence-corrected chi connectivity index (χ4v) is 3.33. The summed E-state index contributed by atoms with van der Waals surface area (Å²) in [6.07, 6.45) is 4.42. The zero-order valence-corrected chi connectivity index (χ0v) is 12.7. The first-order valence-electron chi connectivity index (χ1n) is 7.95. The Morgan fingerprint density at radius 2 is 2.13 bits per heavy atom. The lowest BCUT2D eigenvalue weighted by atomic mass is 10.1. The van der Waals surface area contributed by atoms with Crippen LogP contribution in [0.15, 0.2) is 24.4 Å². The standard InChI is InChI=1S/C16H18FN5O/c17-12-2-1-11-5-8-21(15(11)9-12)16(23)14-10-22(20-19-14)13-3-6-18-7-4-13/h1-2,9-10,13,18H,3-8H2. The minimum absolute atomic E-state index is 0.213. The highest BCUT2D eigenvalue weighted by Gasteiger charge is 2.28. The number of fused-ring (bicyclic) bond motifs is 1. The Labute approximate surface area is 133 Å². The zero-order chi connectivity index (χ0) is 15.8. The average molecular weight is 315 g/mol. The van der Waals surface area contributed by atoms with Gasteiger partial charge in [0.15, 0.2) is 5.69 Å². The number of benzene rings is 1. The number of carbonyl (C=O) groups excluding carboxylic acids is 1. The lowest BCUT2D eigenvalue weighted by Gasteiger charge is -2.22. The van der Waals surface area contributed by atoms with Crippen molar-refractivity contribution >= 4 is 11.6 Å². The van der Waals surface area contributed by atoms with Gasteiger partial charge in [0, 0.05) is 6.54 Å². The summed E-state index contributed by atoms with van der Waals surface area (Å²) in [4.78, 5) is 14.3. The number of hydrogen-bond donors (Lipinski definition) is 1. The van der Waals surface area contributed by atoms with E-state index in [9.17, 15) is 9.18 Å². The van der Waals surface area contributed by atoms with E-state index in [4.69, 9.17) is 0 Å². The van der Waals surface area contributed by atoms with Crippen LogP contribution in [-0.4, -0.2) is 40.5 Å². The van der Waals surface area contributed by atoms with Gasteiger partial charge in [-0.25, -0.2) is 9.07 Å². The topological polar surface area (TPSA) is 63.1 Å². The molecule has 0 atom stereocenters. The van der Waals surface area contributed by atoms with Crippen molar-refractivity contribution in [3.8, 4) is 0 Å². The van der Waals surface area contributed by atoms with Crippen LogP contribution in [0.4, 0.5) is 10.1 Å². The van der Waals surface area contributed by atoms with Crippen LogP contribution in [0.5, 0.6) is 0 Å². The third-order valence-electron chi connectivity index (χ3n) is 4.60. The molecule has 4 rings (SSSR count). The van der Waals surface area contributed by atoms with Crippen molar-refractivity contribution < 1.29 is 9.18 Å². The molecule has 7 heteroatoms. The van der Waals surface area contributed by atoms with Crippen LogP contribution >= 0.6 is 0 Å². The molecular formula is C16H18FN5O. The molecule has 2 aliphatic rings. The molecule has 0 radical (unpaired) electrons. The van der Waals surface area contributed by atoms with Gasteiger partial charge in [0.05, 0.1) is 17.9 Å². The Morgan fingerprint density at radius 3 is 2.96 bits per heavy atom. The third-order valence-corrected chi connectivity index (χ3v) is 4.60. The monoisotopic (exact) mass is 315 g/mol. The molecule has 1 amide bonds. The Kier molecular flexibility index (Phi) is 3.57. The molecule has 3 heterocycles. The van der Waals surface area contributed by atoms with Gasteiger partial charge >= 0.3 is 0 Å². The molecule has 6 nitrogen and oxygen atoms in total. The lowest BCUT2D eigenvalue weighted by Crippen LogP contribution is -2.30. The van der Waals surface area contributed by atoms with Gasteiger partial charge in [-0.1, -0.05) is 11.3 Å². The average Bonchev–Trinajstić information content (AvgIpc) is 3.22. The third kappa shape index (κ3) is 2.61. The summed E-state index contributed by atoms with van der Waals surface area (Å²) >= 11 is 0. The molecule has 1 N–H and O–H groups in total. The van der Waals surface area contributed by atoms with Gasteiger partial charge in [-0.05, 0) is 50.0 Å². The zero-order valence-electron chi connectivity index (χ0n) is 12.7. The molecule has 2 aromatic rings. The van der Waals surface area contributed by atoms with Gasteiger partial charge in [-0.15, -0.1) is 5.10 Å². The molecule has 0 unspecified atom stereocenters. The molecule has 0 saturated carbocycles. The van der Waals surface area contributed by atoms with Crippen LogP contribution in [0.1, 0.15) is 34.9 Å². The highest BCUT2D eigenvalue weighted by molar-refractivity contribution is 6.05. The van der Waals surface area contributed by atoms with E-state index in [1.807, 2.05) is 0 Å². The van der Waals surface area contributed by atoms with Gasteiger partial charge in [-0.2, -0.15) is 0 Å². The summed E-state index contributed by atoms with van der Waals surface area (Å²) in [7, 11) is 0. The second kappa shape index (κ2) is 5.73. The maximum absolute atomic E-state index is 13.5. The minimum atomic E-state index is -0.332. The van der Waals surface area contributed by atoms with Crippen molar-refractivity contribution in [1.82, 2.24) is 20.3 Å². The number of nitrogens with one attached hydrogen (secondary N) is 1. The van der Waals surface area contributed by atoms with Crippen LogP contribution in [0.3, 0.4) is 0 Å². The van der Waals surface area contributed by atoms with Crippen LogP contribution in [0, 0.1) is 5.82 Å². The van der Waals surface area contributed by atoms with Crippen LogP contribution < -0.4 is 10.2 Å². The second-order valence-corrected chi connectivity index (χ2v) is 6.04. The predicted molar refractivity (Wildman–Crippen MR) is 82.9 cm³/mol. The Morgan fingerprint density at radius 1 is 1.30 bits per heavy atom. The fourth-order valence-electron chi connectivity index (χ4n) is 3.33. The maximum Gasteiger partial charge on any atom is 0.280 e. The normalized spacial score (nSPS) is 18.2. The first kappa shape index (κ1) is 14.3.